The molecule has 0 aromatic rings. The molecule has 2 nitrogen and oxygen atoms in total. The van der Waals surface area contributed by atoms with Crippen LogP contribution >= 0.6 is 0 Å². The molecule has 0 saturated carbocycles. The number of hydrogen-bond acceptors (Lipinski definition) is 2. The molecular formula is C13H24N2. The molecule has 1 aliphatic heterocycles. The van der Waals surface area contributed by atoms with E-state index in [9.17, 15) is 0 Å². The molecule has 1 heterocycles. The summed E-state index contributed by atoms with van der Waals surface area (Å²) in [7, 11) is 0. The molecule has 15 heavy (non-hydrogen) atoms. The minimum Gasteiger partial charge on any atom is -0.309 e. The van der Waals surface area contributed by atoms with Crippen LogP contribution < -0.4 is 5.32 Å². The lowest BCUT2D eigenvalue weighted by Crippen LogP contribution is -2.59. The summed E-state index contributed by atoms with van der Waals surface area (Å²) < 4.78 is 0. The van der Waals surface area contributed by atoms with Crippen LogP contribution in [0.4, 0.5) is 0 Å². The molecule has 1 saturated heterocycles. The van der Waals surface area contributed by atoms with Crippen LogP contribution in [0.25, 0.3) is 0 Å². The number of nitrogens with zero attached hydrogens (tertiary/aromatic N) is 1. The van der Waals surface area contributed by atoms with Crippen molar-refractivity contribution in [3.05, 3.63) is 0 Å². The average molecular weight is 208 g/mol. The highest BCUT2D eigenvalue weighted by Gasteiger charge is 2.31. The third kappa shape index (κ3) is 3.52. The number of hydrogen-bond donors (Lipinski definition) is 1. The molecular weight excluding hydrogens is 184 g/mol. The first-order valence-corrected chi connectivity index (χ1v) is 6.13. The predicted molar refractivity (Wildman–Crippen MR) is 65.8 cm³/mol. The minimum atomic E-state index is 0.359. The Kier molecular flexibility index (Phi) is 5.14. The van der Waals surface area contributed by atoms with Gasteiger partial charge in [-0.15, -0.1) is 11.8 Å². The van der Waals surface area contributed by atoms with Crippen LogP contribution in [-0.2, 0) is 0 Å². The first kappa shape index (κ1) is 12.5. The number of nitrogens with one attached hydrogen (secondary N) is 1. The Labute approximate surface area is 94.4 Å². The van der Waals surface area contributed by atoms with E-state index in [1.54, 1.807) is 0 Å². The van der Waals surface area contributed by atoms with Crippen LogP contribution in [0, 0.1) is 11.8 Å². The van der Waals surface area contributed by atoms with E-state index in [1.165, 1.54) is 25.9 Å². The monoisotopic (exact) mass is 208 g/mol. The van der Waals surface area contributed by atoms with Gasteiger partial charge in [0, 0.05) is 38.1 Å². The summed E-state index contributed by atoms with van der Waals surface area (Å²) in [6.45, 7) is 11.1. The molecule has 0 atom stereocenters. The van der Waals surface area contributed by atoms with Crippen molar-refractivity contribution in [3.63, 3.8) is 0 Å². The zero-order chi connectivity index (χ0) is 11.1. The third-order valence-electron chi connectivity index (χ3n) is 3.54. The van der Waals surface area contributed by atoms with Crippen LogP contribution in [0.5, 0.6) is 0 Å². The van der Waals surface area contributed by atoms with E-state index in [-0.39, 0.29) is 0 Å². The summed E-state index contributed by atoms with van der Waals surface area (Å²) in [5.41, 5.74) is 0.359. The van der Waals surface area contributed by atoms with E-state index >= 15 is 0 Å². The second kappa shape index (κ2) is 6.15. The summed E-state index contributed by atoms with van der Waals surface area (Å²) in [6.07, 6.45) is 3.46. The van der Waals surface area contributed by atoms with Crippen molar-refractivity contribution in [3.8, 4) is 11.8 Å². The van der Waals surface area contributed by atoms with Gasteiger partial charge < -0.3 is 5.32 Å². The molecule has 0 amide bonds. The Balaban J connectivity index is 2.43. The molecule has 0 aromatic carbocycles. The Morgan fingerprint density at radius 2 is 2.07 bits per heavy atom. The SMILES string of the molecule is CC#CCCN1CCNC(CC)(CC)C1. The van der Waals surface area contributed by atoms with Crippen LogP contribution in [0.3, 0.4) is 0 Å². The lowest BCUT2D eigenvalue weighted by Gasteiger charge is -2.43. The molecule has 0 radical (unpaired) electrons. The fraction of sp³-hybridized carbons (Fsp3) is 0.846. The Morgan fingerprint density at radius 1 is 1.33 bits per heavy atom. The maximum atomic E-state index is 3.67. The maximum Gasteiger partial charge on any atom is 0.0304 e. The summed E-state index contributed by atoms with van der Waals surface area (Å²) in [4.78, 5) is 2.55. The first-order chi connectivity index (χ1) is 7.26. The Hall–Kier alpha value is -0.520. The number of piperazine rings is 1. The van der Waals surface area contributed by atoms with Crippen molar-refractivity contribution >= 4 is 0 Å². The van der Waals surface area contributed by atoms with Crippen LogP contribution in [-0.4, -0.2) is 36.6 Å². The van der Waals surface area contributed by atoms with Gasteiger partial charge in [-0.05, 0) is 19.8 Å². The van der Waals surface area contributed by atoms with Crippen LogP contribution in [0.2, 0.25) is 0 Å². The molecule has 86 valence electrons. The summed E-state index contributed by atoms with van der Waals surface area (Å²) in [6, 6.07) is 0. The van der Waals surface area contributed by atoms with Gasteiger partial charge in [0.15, 0.2) is 0 Å². The van der Waals surface area contributed by atoms with Gasteiger partial charge in [-0.2, -0.15) is 0 Å². The lowest BCUT2D eigenvalue weighted by atomic mass is 9.90. The van der Waals surface area contributed by atoms with Gasteiger partial charge in [-0.25, -0.2) is 0 Å². The highest BCUT2D eigenvalue weighted by Crippen LogP contribution is 2.19. The van der Waals surface area contributed by atoms with E-state index in [0.29, 0.717) is 5.54 Å². The van der Waals surface area contributed by atoms with Gasteiger partial charge in [0.2, 0.25) is 0 Å². The molecule has 0 spiro atoms. The van der Waals surface area contributed by atoms with Gasteiger partial charge >= 0.3 is 0 Å². The zero-order valence-electron chi connectivity index (χ0n) is 10.4. The van der Waals surface area contributed by atoms with Crippen molar-refractivity contribution < 1.29 is 0 Å². The van der Waals surface area contributed by atoms with Crippen LogP contribution in [0.15, 0.2) is 0 Å². The summed E-state index contributed by atoms with van der Waals surface area (Å²) in [5, 5.41) is 3.67. The van der Waals surface area contributed by atoms with E-state index < -0.39 is 0 Å². The molecule has 0 aliphatic carbocycles. The third-order valence-corrected chi connectivity index (χ3v) is 3.54. The van der Waals surface area contributed by atoms with Crippen molar-refractivity contribution in [2.24, 2.45) is 0 Å². The highest BCUT2D eigenvalue weighted by molar-refractivity contribution is 4.97. The molecule has 1 N–H and O–H groups in total. The van der Waals surface area contributed by atoms with Gasteiger partial charge in [0.05, 0.1) is 0 Å². The highest BCUT2D eigenvalue weighted by atomic mass is 15.2. The molecule has 0 unspecified atom stereocenters. The van der Waals surface area contributed by atoms with Gasteiger partial charge in [-0.3, -0.25) is 4.90 Å². The predicted octanol–water partition coefficient (Wildman–Crippen LogP) is 1.86. The topological polar surface area (TPSA) is 15.3 Å². The zero-order valence-corrected chi connectivity index (χ0v) is 10.4. The van der Waals surface area contributed by atoms with Gasteiger partial charge in [-0.1, -0.05) is 13.8 Å². The van der Waals surface area contributed by atoms with Crippen molar-refractivity contribution in [1.82, 2.24) is 10.2 Å². The summed E-state index contributed by atoms with van der Waals surface area (Å²) >= 11 is 0. The maximum absolute atomic E-state index is 3.67. The fourth-order valence-corrected chi connectivity index (χ4v) is 2.30. The molecule has 0 bridgehead atoms. The molecule has 1 rings (SSSR count). The minimum absolute atomic E-state index is 0.359. The quantitative estimate of drug-likeness (QED) is 0.710. The number of rotatable bonds is 4. The van der Waals surface area contributed by atoms with Gasteiger partial charge in [0.25, 0.3) is 0 Å². The molecule has 0 aromatic heterocycles. The largest absolute Gasteiger partial charge is 0.309 e. The standard InChI is InChI=1S/C13H24N2/c1-4-7-8-10-15-11-9-14-13(5-2,6-3)12-15/h14H,5-6,8-12H2,1-3H3. The average Bonchev–Trinajstić information content (AvgIpc) is 2.30. The van der Waals surface area contributed by atoms with E-state index in [2.05, 4.69) is 35.9 Å². The van der Waals surface area contributed by atoms with Crippen LogP contribution in [0.1, 0.15) is 40.0 Å². The smallest absolute Gasteiger partial charge is 0.0304 e. The first-order valence-electron chi connectivity index (χ1n) is 6.13. The second-order valence-electron chi connectivity index (χ2n) is 4.37. The van der Waals surface area contributed by atoms with Crippen molar-refractivity contribution in [2.75, 3.05) is 26.2 Å². The second-order valence-corrected chi connectivity index (χ2v) is 4.37. The van der Waals surface area contributed by atoms with E-state index in [0.717, 1.165) is 19.5 Å². The summed E-state index contributed by atoms with van der Waals surface area (Å²) in [5.74, 6) is 6.11. The molecule has 1 fully saturated rings. The lowest BCUT2D eigenvalue weighted by molar-refractivity contribution is 0.126. The normalized spacial score (nSPS) is 20.7. The molecule has 2 heteroatoms. The van der Waals surface area contributed by atoms with Gasteiger partial charge in [0.1, 0.15) is 0 Å². The Morgan fingerprint density at radius 3 is 2.67 bits per heavy atom. The Bertz CT molecular complexity index is 233. The molecule has 1 aliphatic rings. The fourth-order valence-electron chi connectivity index (χ4n) is 2.30. The van der Waals surface area contributed by atoms with Crippen molar-refractivity contribution in [1.29, 1.82) is 0 Å². The van der Waals surface area contributed by atoms with E-state index in [4.69, 9.17) is 0 Å². The van der Waals surface area contributed by atoms with E-state index in [1.807, 2.05) is 6.92 Å². The van der Waals surface area contributed by atoms with Crippen molar-refractivity contribution in [2.45, 2.75) is 45.6 Å².